The number of benzene rings is 2. The Balaban J connectivity index is 0.000000146. The topological polar surface area (TPSA) is 66.5 Å². The molecule has 0 bridgehead atoms. The highest BCUT2D eigenvalue weighted by Crippen LogP contribution is 2.21. The van der Waals surface area contributed by atoms with Crippen molar-refractivity contribution in [1.29, 1.82) is 0 Å². The minimum absolute atomic E-state index is 0.0641. The second kappa shape index (κ2) is 8.40. The molecule has 0 unspecified atom stereocenters. The molecule has 0 radical (unpaired) electrons. The monoisotopic (exact) mass is 328 g/mol. The fourth-order valence-corrected chi connectivity index (χ4v) is 2.21. The number of hydrogen-bond donors (Lipinski definition) is 0. The second-order valence-corrected chi connectivity index (χ2v) is 5.22. The Labute approximate surface area is 145 Å². The molecule has 0 aromatic heterocycles. The molecule has 122 valence electrons. The van der Waals surface area contributed by atoms with Gasteiger partial charge in [0, 0.05) is 23.2 Å². The quantitative estimate of drug-likeness (QED) is 0.733. The van der Waals surface area contributed by atoms with Crippen LogP contribution in [-0.2, 0) is 4.79 Å². The van der Waals surface area contributed by atoms with Crippen molar-refractivity contribution in [3.05, 3.63) is 83.0 Å². The lowest BCUT2D eigenvalue weighted by atomic mass is 10.1. The van der Waals surface area contributed by atoms with Crippen LogP contribution in [-0.4, -0.2) is 18.5 Å². The molecule has 0 amide bonds. The summed E-state index contributed by atoms with van der Waals surface area (Å²) in [5, 5.41) is 9.68. The molecule has 4 rings (SSSR count). The van der Waals surface area contributed by atoms with Gasteiger partial charge < -0.3 is 0 Å². The molecule has 2 aromatic rings. The molecule has 2 heterocycles. The summed E-state index contributed by atoms with van der Waals surface area (Å²) < 4.78 is 0. The van der Waals surface area contributed by atoms with Gasteiger partial charge in [-0.25, -0.2) is 0 Å². The Morgan fingerprint density at radius 1 is 0.920 bits per heavy atom. The number of carbonyl (C=O) groups excluding carboxylic acids is 1. The van der Waals surface area contributed by atoms with Gasteiger partial charge in [0.1, 0.15) is 6.54 Å². The molecule has 5 heteroatoms. The number of nitrogens with zero attached hydrogens (tertiary/aromatic N) is 4. The molecule has 0 fully saturated rings. The summed E-state index contributed by atoms with van der Waals surface area (Å²) in [5.74, 6) is -0.0641. The van der Waals surface area contributed by atoms with E-state index in [4.69, 9.17) is 0 Å². The molecule has 0 atom stereocenters. The predicted molar refractivity (Wildman–Crippen MR) is 99.2 cm³/mol. The van der Waals surface area contributed by atoms with E-state index in [1.807, 2.05) is 66.8 Å². The maximum Gasteiger partial charge on any atom is 0.195 e. The van der Waals surface area contributed by atoms with Crippen molar-refractivity contribution in [2.75, 3.05) is 6.54 Å². The lowest BCUT2D eigenvalue weighted by Gasteiger charge is -1.98. The van der Waals surface area contributed by atoms with Crippen LogP contribution in [0.15, 0.2) is 87.1 Å². The minimum Gasteiger partial charge on any atom is -0.291 e. The number of fused-ring (bicyclic) bond motifs is 2. The standard InChI is InChI=1S/C10H8N2O.C10H8N2/c13-9-6-11-5-8-3-1-2-4-10(8)12-7-9;1-2-7-10-9(5-1)6-3-4-8-11-12-10/h1-6H,7H2;1-8H. The molecule has 2 aliphatic heterocycles. The van der Waals surface area contributed by atoms with Crippen LogP contribution in [0, 0.1) is 0 Å². The van der Waals surface area contributed by atoms with Gasteiger partial charge in [0.15, 0.2) is 5.78 Å². The van der Waals surface area contributed by atoms with E-state index in [0.717, 1.165) is 21.8 Å². The first kappa shape index (κ1) is 16.4. The zero-order chi connectivity index (χ0) is 17.3. The van der Waals surface area contributed by atoms with Gasteiger partial charge in [0.05, 0.1) is 17.3 Å². The first-order chi connectivity index (χ1) is 12.3. The summed E-state index contributed by atoms with van der Waals surface area (Å²) in [5.41, 5.74) is 2.02. The number of Topliss-reactive ketones (excluding diaryl/α,β-unsaturated/α-hetero) is 1. The third-order valence-electron chi connectivity index (χ3n) is 3.42. The molecule has 0 aliphatic carbocycles. The Hall–Kier alpha value is -3.47. The van der Waals surface area contributed by atoms with E-state index < -0.39 is 0 Å². The van der Waals surface area contributed by atoms with Crippen LogP contribution in [0.3, 0.4) is 0 Å². The molecule has 5 nitrogen and oxygen atoms in total. The van der Waals surface area contributed by atoms with E-state index in [0.29, 0.717) is 0 Å². The van der Waals surface area contributed by atoms with Crippen LogP contribution in [0.4, 0.5) is 5.69 Å². The average molecular weight is 328 g/mol. The zero-order valence-corrected chi connectivity index (χ0v) is 13.5. The number of rotatable bonds is 0. The van der Waals surface area contributed by atoms with E-state index >= 15 is 0 Å². The van der Waals surface area contributed by atoms with Gasteiger partial charge in [0.25, 0.3) is 0 Å². The highest BCUT2D eigenvalue weighted by atomic mass is 16.1. The van der Waals surface area contributed by atoms with Gasteiger partial charge in [-0.2, -0.15) is 10.2 Å². The van der Waals surface area contributed by atoms with Crippen LogP contribution in [0.2, 0.25) is 0 Å². The average Bonchev–Trinajstić information content (AvgIpc) is 2.60. The SMILES string of the molecule is C1=CN=Nc2ccccc2C=C1.O=C1C=NC=c2ccccc2=NC1. The molecule has 0 saturated heterocycles. The summed E-state index contributed by atoms with van der Waals surface area (Å²) in [7, 11) is 0. The number of carbonyl (C=O) groups is 1. The minimum atomic E-state index is -0.0641. The summed E-state index contributed by atoms with van der Waals surface area (Å²) in [6.45, 7) is 0.189. The lowest BCUT2D eigenvalue weighted by molar-refractivity contribution is -0.111. The Morgan fingerprint density at radius 2 is 1.76 bits per heavy atom. The molecule has 0 N–H and O–H groups in total. The van der Waals surface area contributed by atoms with Gasteiger partial charge >= 0.3 is 0 Å². The molecule has 2 aromatic carbocycles. The number of para-hydroxylation sites is 1. The fourth-order valence-electron chi connectivity index (χ4n) is 2.21. The molecule has 25 heavy (non-hydrogen) atoms. The Kier molecular flexibility index (Phi) is 5.51. The van der Waals surface area contributed by atoms with E-state index in [9.17, 15) is 4.79 Å². The molecule has 2 aliphatic rings. The number of hydrogen-bond acceptors (Lipinski definition) is 5. The van der Waals surface area contributed by atoms with Gasteiger partial charge in [-0.15, -0.1) is 0 Å². The summed E-state index contributed by atoms with van der Waals surface area (Å²) >= 11 is 0. The van der Waals surface area contributed by atoms with E-state index in [-0.39, 0.29) is 12.3 Å². The first-order valence-corrected chi connectivity index (χ1v) is 7.82. The maximum absolute atomic E-state index is 11.0. The van der Waals surface area contributed by atoms with Gasteiger partial charge in [-0.05, 0) is 18.2 Å². The number of ketones is 1. The number of allylic oxidation sites excluding steroid dienone is 2. The van der Waals surface area contributed by atoms with Gasteiger partial charge in [-0.1, -0.05) is 48.6 Å². The third-order valence-corrected chi connectivity index (χ3v) is 3.42. The van der Waals surface area contributed by atoms with Crippen molar-refractivity contribution in [1.82, 2.24) is 0 Å². The zero-order valence-electron chi connectivity index (χ0n) is 13.5. The normalized spacial score (nSPS) is 14.3. The van der Waals surface area contributed by atoms with E-state index in [1.54, 1.807) is 12.4 Å². The highest BCUT2D eigenvalue weighted by molar-refractivity contribution is 6.28. The van der Waals surface area contributed by atoms with Gasteiger partial charge in [-0.3, -0.25) is 14.8 Å². The third kappa shape index (κ3) is 4.75. The van der Waals surface area contributed by atoms with E-state index in [2.05, 4.69) is 20.2 Å². The Bertz CT molecular complexity index is 965. The van der Waals surface area contributed by atoms with Crippen LogP contribution < -0.4 is 10.6 Å². The van der Waals surface area contributed by atoms with Crippen LogP contribution in [0.25, 0.3) is 12.3 Å². The Morgan fingerprint density at radius 3 is 2.72 bits per heavy atom. The van der Waals surface area contributed by atoms with Crippen molar-refractivity contribution >= 4 is 30.0 Å². The van der Waals surface area contributed by atoms with Crippen molar-refractivity contribution in [3.8, 4) is 0 Å². The second-order valence-electron chi connectivity index (χ2n) is 5.22. The van der Waals surface area contributed by atoms with Crippen LogP contribution >= 0.6 is 0 Å². The lowest BCUT2D eigenvalue weighted by Crippen LogP contribution is -2.26. The number of azo groups is 1. The van der Waals surface area contributed by atoms with E-state index in [1.165, 1.54) is 6.21 Å². The summed E-state index contributed by atoms with van der Waals surface area (Å²) in [4.78, 5) is 19.0. The van der Waals surface area contributed by atoms with Crippen molar-refractivity contribution in [2.24, 2.45) is 20.2 Å². The summed E-state index contributed by atoms with van der Waals surface area (Å²) in [6, 6.07) is 15.5. The highest BCUT2D eigenvalue weighted by Gasteiger charge is 1.96. The van der Waals surface area contributed by atoms with Gasteiger partial charge in [0.2, 0.25) is 0 Å². The largest absolute Gasteiger partial charge is 0.291 e. The maximum atomic E-state index is 11.0. The molecular formula is C20H16N4O. The molecular weight excluding hydrogens is 312 g/mol. The van der Waals surface area contributed by atoms with Crippen molar-refractivity contribution in [3.63, 3.8) is 0 Å². The predicted octanol–water partition coefficient (Wildman–Crippen LogP) is 3.01. The van der Waals surface area contributed by atoms with Crippen LogP contribution in [0.1, 0.15) is 5.56 Å². The molecule has 0 spiro atoms. The smallest absolute Gasteiger partial charge is 0.195 e. The van der Waals surface area contributed by atoms with Crippen molar-refractivity contribution in [2.45, 2.75) is 0 Å². The summed E-state index contributed by atoms with van der Waals surface area (Å²) in [6.07, 6.45) is 10.5. The first-order valence-electron chi connectivity index (χ1n) is 7.82. The van der Waals surface area contributed by atoms with Crippen molar-refractivity contribution < 1.29 is 4.79 Å². The fraction of sp³-hybridized carbons (Fsp3) is 0.0500. The van der Waals surface area contributed by atoms with Crippen LogP contribution in [0.5, 0.6) is 0 Å². The molecule has 0 saturated carbocycles. The number of aliphatic imine (C=N–C) groups is 1.